The molecule has 0 spiro atoms. The lowest BCUT2D eigenvalue weighted by Gasteiger charge is -2.43. The van der Waals surface area contributed by atoms with E-state index in [4.69, 9.17) is 121 Å². The van der Waals surface area contributed by atoms with Gasteiger partial charge in [-0.1, -0.05) is 0 Å². The SMILES string of the molecule is CCOC(C(Cl)Cl)(C(Cl)Cl)C(C(Cl)Cl)C(Cl)Cl.CCOCC.CCOCC.CCOCC.CCOCC.CCOCC. The van der Waals surface area contributed by atoms with Crippen molar-refractivity contribution in [2.45, 2.75) is 101 Å². The molecule has 0 heterocycles. The summed E-state index contributed by atoms with van der Waals surface area (Å²) in [4.78, 5) is -4.21. The first-order valence-electron chi connectivity index (χ1n) is 14.4. The third-order valence-electron chi connectivity index (χ3n) is 4.18. The molecule has 0 atom stereocenters. The van der Waals surface area contributed by atoms with Gasteiger partial charge < -0.3 is 28.4 Å². The molecule has 0 aliphatic heterocycles. The average molecular weight is 776 g/mol. The molecule has 0 saturated heterocycles. The number of hydrogen-bond donors (Lipinski definition) is 0. The Bertz CT molecular complexity index is 380. The lowest BCUT2D eigenvalue weighted by Crippen LogP contribution is -2.56. The van der Waals surface area contributed by atoms with Gasteiger partial charge in [-0.15, -0.1) is 92.8 Å². The maximum absolute atomic E-state index is 5.89. The van der Waals surface area contributed by atoms with Crippen LogP contribution < -0.4 is 0 Å². The van der Waals surface area contributed by atoms with Crippen molar-refractivity contribution in [1.29, 1.82) is 0 Å². The van der Waals surface area contributed by atoms with Crippen LogP contribution in [0.1, 0.15) is 76.2 Å². The van der Waals surface area contributed by atoms with Crippen LogP contribution in [0.2, 0.25) is 0 Å². The Kier molecular flexibility index (Phi) is 63.8. The van der Waals surface area contributed by atoms with E-state index in [0.29, 0.717) is 0 Å². The van der Waals surface area contributed by atoms with Crippen LogP contribution in [0.5, 0.6) is 0 Å². The quantitative estimate of drug-likeness (QED) is 0.137. The fraction of sp³-hybridized carbons (Fsp3) is 1.00. The van der Waals surface area contributed by atoms with Crippen molar-refractivity contribution in [2.75, 3.05) is 72.7 Å². The Morgan fingerprint density at radius 1 is 0.357 bits per heavy atom. The van der Waals surface area contributed by atoms with E-state index in [9.17, 15) is 0 Å². The molecular weight excluding hydrogens is 716 g/mol. The number of rotatable bonds is 17. The van der Waals surface area contributed by atoms with E-state index >= 15 is 0 Å². The van der Waals surface area contributed by atoms with Gasteiger partial charge in [-0.05, 0) is 76.2 Å². The highest BCUT2D eigenvalue weighted by atomic mass is 35.5. The summed E-state index contributed by atoms with van der Waals surface area (Å²) >= 11 is 46.9. The molecule has 0 saturated carbocycles. The fourth-order valence-electron chi connectivity index (χ4n) is 2.38. The summed E-state index contributed by atoms with van der Waals surface area (Å²) in [5, 5.41) is 0. The highest BCUT2D eigenvalue weighted by molar-refractivity contribution is 6.52. The Balaban J connectivity index is -0.000000106. The van der Waals surface area contributed by atoms with Gasteiger partial charge >= 0.3 is 0 Å². The molecule has 0 rings (SSSR count). The van der Waals surface area contributed by atoms with Crippen LogP contribution in [0.25, 0.3) is 0 Å². The van der Waals surface area contributed by atoms with Crippen molar-refractivity contribution in [3.05, 3.63) is 0 Å². The Morgan fingerprint density at radius 2 is 0.548 bits per heavy atom. The molecule has 0 aromatic carbocycles. The topological polar surface area (TPSA) is 55.4 Å². The Morgan fingerprint density at radius 3 is 0.619 bits per heavy atom. The van der Waals surface area contributed by atoms with Crippen LogP contribution in [0.4, 0.5) is 0 Å². The van der Waals surface area contributed by atoms with E-state index in [1.807, 2.05) is 69.2 Å². The highest BCUT2D eigenvalue weighted by Gasteiger charge is 2.55. The number of alkyl halides is 8. The first-order chi connectivity index (χ1) is 19.8. The van der Waals surface area contributed by atoms with Crippen LogP contribution in [0.3, 0.4) is 0 Å². The van der Waals surface area contributed by atoms with Crippen molar-refractivity contribution in [2.24, 2.45) is 5.92 Å². The minimum atomic E-state index is -1.46. The van der Waals surface area contributed by atoms with Gasteiger partial charge in [-0.2, -0.15) is 0 Å². The first-order valence-corrected chi connectivity index (χ1v) is 17.9. The lowest BCUT2D eigenvalue weighted by atomic mass is 9.92. The van der Waals surface area contributed by atoms with Crippen molar-refractivity contribution < 1.29 is 28.4 Å². The average Bonchev–Trinajstić information content (AvgIpc) is 2.92. The predicted octanol–water partition coefficient (Wildman–Crippen LogP) is 10.8. The summed E-state index contributed by atoms with van der Waals surface area (Å²) in [7, 11) is 0. The normalized spacial score (nSPS) is 10.6. The van der Waals surface area contributed by atoms with Crippen LogP contribution in [0.15, 0.2) is 0 Å². The second-order valence-electron chi connectivity index (χ2n) is 6.99. The van der Waals surface area contributed by atoms with Crippen LogP contribution in [-0.4, -0.2) is 97.6 Å². The monoisotopic (exact) mass is 772 g/mol. The summed E-state index contributed by atoms with van der Waals surface area (Å²) in [6.07, 6.45) is 0. The molecule has 0 aliphatic rings. The van der Waals surface area contributed by atoms with Crippen molar-refractivity contribution in [1.82, 2.24) is 0 Å². The molecule has 6 nitrogen and oxygen atoms in total. The summed E-state index contributed by atoms with van der Waals surface area (Å²) in [5.74, 6) is -0.853. The molecule has 0 aromatic heterocycles. The van der Waals surface area contributed by atoms with Gasteiger partial charge in [-0.25, -0.2) is 0 Å². The van der Waals surface area contributed by atoms with Gasteiger partial charge in [0.2, 0.25) is 0 Å². The summed E-state index contributed by atoms with van der Waals surface area (Å²) in [6, 6.07) is 0. The standard InChI is InChI=1S/C8H10Cl8O.5C4H10O/c1-2-17-8(6(13)14,7(15)16)3(4(9)10)5(11)12;5*1-3-5-4-2/h3-7H,2H2,1H3;5*3-4H2,1-2H3. The molecule has 0 amide bonds. The molecule has 14 heteroatoms. The van der Waals surface area contributed by atoms with Gasteiger partial charge in [0.1, 0.15) is 24.9 Å². The minimum Gasteiger partial charge on any atom is -0.382 e. The van der Waals surface area contributed by atoms with E-state index in [1.165, 1.54) is 0 Å². The maximum atomic E-state index is 5.89. The smallest absolute Gasteiger partial charge is 0.139 e. The number of ether oxygens (including phenoxy) is 6. The summed E-state index contributed by atoms with van der Waals surface area (Å²) < 4.78 is 29.6. The molecule has 0 fully saturated rings. The zero-order valence-electron chi connectivity index (χ0n) is 27.6. The van der Waals surface area contributed by atoms with Gasteiger partial charge in [-0.3, -0.25) is 0 Å². The molecule has 0 aromatic rings. The molecular formula is C28H60Cl8O6. The number of halogens is 8. The van der Waals surface area contributed by atoms with E-state index < -0.39 is 30.9 Å². The summed E-state index contributed by atoms with van der Waals surface area (Å²) in [6.45, 7) is 30.3. The molecule has 42 heavy (non-hydrogen) atoms. The van der Waals surface area contributed by atoms with Crippen molar-refractivity contribution in [3.63, 3.8) is 0 Å². The van der Waals surface area contributed by atoms with E-state index in [2.05, 4.69) is 0 Å². The second-order valence-corrected chi connectivity index (χ2v) is 11.5. The van der Waals surface area contributed by atoms with E-state index in [-0.39, 0.29) is 6.61 Å². The minimum absolute atomic E-state index is 0.239. The maximum Gasteiger partial charge on any atom is 0.139 e. The van der Waals surface area contributed by atoms with E-state index in [1.54, 1.807) is 6.92 Å². The van der Waals surface area contributed by atoms with Crippen molar-refractivity contribution >= 4 is 92.8 Å². The van der Waals surface area contributed by atoms with E-state index in [0.717, 1.165) is 66.1 Å². The van der Waals surface area contributed by atoms with Gasteiger partial charge in [0.15, 0.2) is 0 Å². The molecule has 0 unspecified atom stereocenters. The molecule has 0 radical (unpaired) electrons. The van der Waals surface area contributed by atoms with Crippen molar-refractivity contribution in [3.8, 4) is 0 Å². The van der Waals surface area contributed by atoms with Crippen LogP contribution >= 0.6 is 92.8 Å². The van der Waals surface area contributed by atoms with Gasteiger partial charge in [0.25, 0.3) is 0 Å². The molecule has 264 valence electrons. The van der Waals surface area contributed by atoms with Gasteiger partial charge in [0.05, 0.1) is 5.92 Å². The first kappa shape index (κ1) is 56.4. The van der Waals surface area contributed by atoms with Crippen LogP contribution in [0, 0.1) is 5.92 Å². The van der Waals surface area contributed by atoms with Gasteiger partial charge in [0, 0.05) is 72.7 Å². The largest absolute Gasteiger partial charge is 0.382 e. The number of hydrogen-bond acceptors (Lipinski definition) is 6. The Hall–Kier alpha value is 2.08. The fourth-order valence-corrected chi connectivity index (χ4v) is 5.65. The predicted molar refractivity (Wildman–Crippen MR) is 191 cm³/mol. The molecule has 0 aliphatic carbocycles. The highest BCUT2D eigenvalue weighted by Crippen LogP contribution is 2.47. The molecule has 0 N–H and O–H groups in total. The summed E-state index contributed by atoms with van der Waals surface area (Å²) in [5.41, 5.74) is -1.46. The molecule has 0 bridgehead atoms. The Labute approximate surface area is 299 Å². The zero-order chi connectivity index (χ0) is 34.4. The second kappa shape index (κ2) is 47.5. The third-order valence-corrected chi connectivity index (χ3v) is 6.63. The van der Waals surface area contributed by atoms with Crippen LogP contribution in [-0.2, 0) is 28.4 Å². The zero-order valence-corrected chi connectivity index (χ0v) is 33.7. The third kappa shape index (κ3) is 40.1. The lowest BCUT2D eigenvalue weighted by molar-refractivity contribution is -0.0554.